The summed E-state index contributed by atoms with van der Waals surface area (Å²) in [5, 5.41) is 0.143. The summed E-state index contributed by atoms with van der Waals surface area (Å²) in [5.74, 6) is -0.309. The van der Waals surface area contributed by atoms with Crippen molar-refractivity contribution in [2.24, 2.45) is 0 Å². The lowest BCUT2D eigenvalue weighted by Gasteiger charge is -1.99. The largest absolute Gasteiger partial charge is 0.460 e. The van der Waals surface area contributed by atoms with Gasteiger partial charge < -0.3 is 13.6 Å². The Bertz CT molecular complexity index is 588. The van der Waals surface area contributed by atoms with Crippen molar-refractivity contribution in [3.63, 3.8) is 0 Å². The maximum Gasteiger partial charge on any atom is 0.376 e. The number of carbonyl (C=O) groups is 1. The van der Waals surface area contributed by atoms with Crippen molar-refractivity contribution in [1.82, 2.24) is 4.98 Å². The van der Waals surface area contributed by atoms with Crippen molar-refractivity contribution in [2.75, 3.05) is 6.61 Å². The molecule has 0 saturated heterocycles. The second-order valence-electron chi connectivity index (χ2n) is 3.37. The van der Waals surface area contributed by atoms with Crippen molar-refractivity contribution in [1.29, 1.82) is 0 Å². The number of rotatable bonds is 3. The average molecular weight is 290 g/mol. The maximum absolute atomic E-state index is 11.7. The quantitative estimate of drug-likeness (QED) is 0.806. The number of halogens is 2. The van der Waals surface area contributed by atoms with Crippen LogP contribution in [-0.4, -0.2) is 17.6 Å². The summed E-state index contributed by atoms with van der Waals surface area (Å²) < 4.78 is 15.1. The van der Waals surface area contributed by atoms with E-state index in [1.165, 1.54) is 6.07 Å². The highest BCUT2D eigenvalue weighted by Crippen LogP contribution is 2.35. The van der Waals surface area contributed by atoms with E-state index in [9.17, 15) is 4.79 Å². The van der Waals surface area contributed by atoms with Crippen LogP contribution in [0.15, 0.2) is 14.9 Å². The summed E-state index contributed by atoms with van der Waals surface area (Å²) in [4.78, 5) is 15.8. The molecule has 0 radical (unpaired) electrons. The summed E-state index contributed by atoms with van der Waals surface area (Å²) in [5.41, 5.74) is 0.646. The van der Waals surface area contributed by atoms with Crippen molar-refractivity contribution in [3.05, 3.63) is 28.2 Å². The second-order valence-corrected chi connectivity index (χ2v) is 4.08. The van der Waals surface area contributed by atoms with Gasteiger partial charge in [-0.1, -0.05) is 0 Å². The molecule has 2 aromatic heterocycles. The molecule has 96 valence electrons. The molecule has 0 fully saturated rings. The molecule has 2 aromatic rings. The molecule has 7 heteroatoms. The molecule has 0 bridgehead atoms. The molecule has 0 atom stereocenters. The third kappa shape index (κ3) is 2.37. The predicted octanol–water partition coefficient (Wildman–Crippen LogP) is 3.73. The molecule has 0 amide bonds. The zero-order valence-electron chi connectivity index (χ0n) is 9.62. The van der Waals surface area contributed by atoms with Crippen LogP contribution in [-0.2, 0) is 4.74 Å². The normalized spacial score (nSPS) is 10.7. The topological polar surface area (TPSA) is 65.5 Å². The van der Waals surface area contributed by atoms with Crippen molar-refractivity contribution in [2.45, 2.75) is 13.8 Å². The number of esters is 1. The molecule has 0 spiro atoms. The molecule has 2 heterocycles. The Labute approximate surface area is 113 Å². The molecule has 18 heavy (non-hydrogen) atoms. The number of hydrogen-bond acceptors (Lipinski definition) is 5. The third-order valence-corrected chi connectivity index (χ3v) is 2.57. The van der Waals surface area contributed by atoms with E-state index in [0.29, 0.717) is 11.5 Å². The monoisotopic (exact) mass is 289 g/mol. The van der Waals surface area contributed by atoms with E-state index < -0.39 is 5.97 Å². The molecule has 0 aromatic carbocycles. The summed E-state index contributed by atoms with van der Waals surface area (Å²) in [6, 6.07) is 1.46. The SMILES string of the molecule is CCOC(=O)c1oc(C)nc1-c1cc(Cl)oc1Cl. The van der Waals surface area contributed by atoms with Gasteiger partial charge in [-0.25, -0.2) is 9.78 Å². The first-order valence-electron chi connectivity index (χ1n) is 5.12. The summed E-state index contributed by atoms with van der Waals surface area (Å²) in [6.45, 7) is 3.54. The fraction of sp³-hybridized carbons (Fsp3) is 0.273. The lowest BCUT2D eigenvalue weighted by molar-refractivity contribution is 0.0490. The van der Waals surface area contributed by atoms with Crippen LogP contribution in [0.3, 0.4) is 0 Å². The number of aryl methyl sites for hydroxylation is 1. The van der Waals surface area contributed by atoms with Crippen LogP contribution in [0.5, 0.6) is 0 Å². The zero-order valence-corrected chi connectivity index (χ0v) is 11.1. The van der Waals surface area contributed by atoms with Gasteiger partial charge in [0.05, 0.1) is 12.2 Å². The number of aromatic nitrogens is 1. The molecule has 0 saturated carbocycles. The van der Waals surface area contributed by atoms with Crippen molar-refractivity contribution < 1.29 is 18.4 Å². The van der Waals surface area contributed by atoms with Crippen LogP contribution in [0.4, 0.5) is 0 Å². The first-order chi connectivity index (χ1) is 8.52. The smallest absolute Gasteiger partial charge is 0.376 e. The Morgan fingerprint density at radius 2 is 2.17 bits per heavy atom. The Hall–Kier alpha value is -1.46. The molecular weight excluding hydrogens is 281 g/mol. The van der Waals surface area contributed by atoms with Crippen LogP contribution in [0.1, 0.15) is 23.4 Å². The summed E-state index contributed by atoms with van der Waals surface area (Å²) in [6.07, 6.45) is 0. The van der Waals surface area contributed by atoms with Gasteiger partial charge in [-0.2, -0.15) is 0 Å². The van der Waals surface area contributed by atoms with Gasteiger partial charge >= 0.3 is 5.97 Å². The van der Waals surface area contributed by atoms with E-state index in [2.05, 4.69) is 4.98 Å². The Morgan fingerprint density at radius 1 is 1.44 bits per heavy atom. The first-order valence-corrected chi connectivity index (χ1v) is 5.88. The van der Waals surface area contributed by atoms with Gasteiger partial charge in [-0.15, -0.1) is 0 Å². The first kappa shape index (κ1) is 13.0. The molecule has 0 aliphatic heterocycles. The van der Waals surface area contributed by atoms with Crippen LogP contribution in [0.25, 0.3) is 11.3 Å². The van der Waals surface area contributed by atoms with Crippen LogP contribution in [0.2, 0.25) is 10.4 Å². The minimum atomic E-state index is -0.610. The highest BCUT2D eigenvalue weighted by Gasteiger charge is 2.25. The van der Waals surface area contributed by atoms with Gasteiger partial charge in [0.15, 0.2) is 11.1 Å². The fourth-order valence-electron chi connectivity index (χ4n) is 1.45. The Balaban J connectivity index is 2.51. The number of ether oxygens (including phenoxy) is 1. The maximum atomic E-state index is 11.7. The highest BCUT2D eigenvalue weighted by molar-refractivity contribution is 6.34. The highest BCUT2D eigenvalue weighted by atomic mass is 35.5. The molecule has 0 unspecified atom stereocenters. The summed E-state index contributed by atoms with van der Waals surface area (Å²) in [7, 11) is 0. The molecule has 0 aliphatic carbocycles. The van der Waals surface area contributed by atoms with Gasteiger partial charge in [0.2, 0.25) is 11.0 Å². The molecular formula is C11H9Cl2NO4. The van der Waals surface area contributed by atoms with Gasteiger partial charge in [-0.05, 0) is 30.1 Å². The van der Waals surface area contributed by atoms with Crippen LogP contribution >= 0.6 is 23.2 Å². The van der Waals surface area contributed by atoms with E-state index in [-0.39, 0.29) is 28.5 Å². The van der Waals surface area contributed by atoms with E-state index >= 15 is 0 Å². The lowest BCUT2D eigenvalue weighted by atomic mass is 10.2. The van der Waals surface area contributed by atoms with Crippen LogP contribution < -0.4 is 0 Å². The molecule has 0 aliphatic rings. The van der Waals surface area contributed by atoms with Gasteiger partial charge in [0.1, 0.15) is 5.69 Å². The van der Waals surface area contributed by atoms with E-state index in [1.807, 2.05) is 0 Å². The van der Waals surface area contributed by atoms with Gasteiger partial charge in [0.25, 0.3) is 0 Å². The van der Waals surface area contributed by atoms with E-state index in [0.717, 1.165) is 0 Å². The fourth-order valence-corrected chi connectivity index (χ4v) is 1.90. The van der Waals surface area contributed by atoms with Crippen molar-refractivity contribution >= 4 is 29.2 Å². The number of carbonyl (C=O) groups excluding carboxylic acids is 1. The van der Waals surface area contributed by atoms with Gasteiger partial charge in [0, 0.05) is 13.0 Å². The molecule has 0 N–H and O–H groups in total. The minimum absolute atomic E-state index is 0.0197. The number of furan rings is 1. The Kier molecular flexibility index (Phi) is 3.63. The van der Waals surface area contributed by atoms with Crippen molar-refractivity contribution in [3.8, 4) is 11.3 Å². The Morgan fingerprint density at radius 3 is 2.72 bits per heavy atom. The third-order valence-electron chi connectivity index (χ3n) is 2.11. The number of nitrogens with zero attached hydrogens (tertiary/aromatic N) is 1. The second kappa shape index (κ2) is 5.04. The predicted molar refractivity (Wildman–Crippen MR) is 64.9 cm³/mol. The standard InChI is InChI=1S/C11H9Cl2NO4/c1-3-16-11(15)9-8(14-5(2)17-9)6-4-7(12)18-10(6)13/h4H,3H2,1-2H3. The average Bonchev–Trinajstić information content (AvgIpc) is 2.82. The van der Waals surface area contributed by atoms with Gasteiger partial charge in [-0.3, -0.25) is 0 Å². The molecule has 5 nitrogen and oxygen atoms in total. The lowest BCUT2D eigenvalue weighted by Crippen LogP contribution is -2.04. The van der Waals surface area contributed by atoms with E-state index in [1.54, 1.807) is 13.8 Å². The summed E-state index contributed by atoms with van der Waals surface area (Å²) >= 11 is 11.5. The molecule has 2 rings (SSSR count). The van der Waals surface area contributed by atoms with Crippen LogP contribution in [0, 0.1) is 6.92 Å². The zero-order chi connectivity index (χ0) is 13.3. The minimum Gasteiger partial charge on any atom is -0.460 e. The van der Waals surface area contributed by atoms with E-state index in [4.69, 9.17) is 36.8 Å². The number of hydrogen-bond donors (Lipinski definition) is 0. The number of oxazole rings is 1.